The summed E-state index contributed by atoms with van der Waals surface area (Å²) in [6, 6.07) is 0.377. The number of aryl methyl sites for hydroxylation is 1. The molecule has 0 aliphatic carbocycles. The fourth-order valence-electron chi connectivity index (χ4n) is 2.81. The number of amides is 1. The molecule has 1 amide bonds. The summed E-state index contributed by atoms with van der Waals surface area (Å²) < 4.78 is 4.61. The molecule has 3 rings (SSSR count). The molecular formula is C11H16N4O2. The van der Waals surface area contributed by atoms with Crippen molar-refractivity contribution >= 4 is 5.91 Å². The number of nitrogens with zero attached hydrogens (tertiary/aromatic N) is 3. The lowest BCUT2D eigenvalue weighted by Crippen LogP contribution is -2.40. The zero-order valence-electron chi connectivity index (χ0n) is 9.85. The number of nitrogens with one attached hydrogen (secondary N) is 1. The smallest absolute Gasteiger partial charge is 0.229 e. The van der Waals surface area contributed by atoms with Crippen LogP contribution >= 0.6 is 0 Å². The highest BCUT2D eigenvalue weighted by molar-refractivity contribution is 5.79. The molecule has 3 heterocycles. The first-order valence-electron chi connectivity index (χ1n) is 6.04. The lowest BCUT2D eigenvalue weighted by atomic mass is 10.1. The molecule has 2 saturated heterocycles. The first kappa shape index (κ1) is 10.7. The molecule has 2 aliphatic heterocycles. The van der Waals surface area contributed by atoms with Crippen LogP contribution in [0, 0.1) is 12.8 Å². The summed E-state index contributed by atoms with van der Waals surface area (Å²) >= 11 is 0. The average Bonchev–Trinajstić information content (AvgIpc) is 2.94. The second kappa shape index (κ2) is 4.10. The topological polar surface area (TPSA) is 71.3 Å². The highest BCUT2D eigenvalue weighted by Gasteiger charge is 2.39. The van der Waals surface area contributed by atoms with E-state index in [4.69, 9.17) is 0 Å². The van der Waals surface area contributed by atoms with Gasteiger partial charge in [-0.15, -0.1) is 0 Å². The first-order chi connectivity index (χ1) is 8.25. The van der Waals surface area contributed by atoms with Crippen LogP contribution < -0.4 is 5.32 Å². The SMILES string of the molecule is Cc1nonc1CC(=O)N1CC[C@H]2CNC[C@H]21. The summed E-state index contributed by atoms with van der Waals surface area (Å²) in [5.41, 5.74) is 1.36. The van der Waals surface area contributed by atoms with Gasteiger partial charge in [-0.1, -0.05) is 10.3 Å². The zero-order valence-corrected chi connectivity index (χ0v) is 9.85. The van der Waals surface area contributed by atoms with Crippen molar-refractivity contribution in [1.82, 2.24) is 20.5 Å². The van der Waals surface area contributed by atoms with E-state index < -0.39 is 0 Å². The Morgan fingerprint density at radius 2 is 2.41 bits per heavy atom. The molecule has 17 heavy (non-hydrogen) atoms. The van der Waals surface area contributed by atoms with E-state index in [0.717, 1.165) is 26.1 Å². The van der Waals surface area contributed by atoms with Crippen LogP contribution in [0.5, 0.6) is 0 Å². The summed E-state index contributed by atoms with van der Waals surface area (Å²) in [5.74, 6) is 0.774. The van der Waals surface area contributed by atoms with Crippen LogP contribution in [-0.2, 0) is 11.2 Å². The molecule has 6 heteroatoms. The summed E-state index contributed by atoms with van der Waals surface area (Å²) in [6.07, 6.45) is 1.41. The normalized spacial score (nSPS) is 27.5. The maximum Gasteiger partial charge on any atom is 0.229 e. The van der Waals surface area contributed by atoms with Crippen LogP contribution in [0.15, 0.2) is 4.63 Å². The van der Waals surface area contributed by atoms with Crippen molar-refractivity contribution in [2.75, 3.05) is 19.6 Å². The number of hydrogen-bond donors (Lipinski definition) is 1. The number of carbonyl (C=O) groups excluding carboxylic acids is 1. The van der Waals surface area contributed by atoms with Gasteiger partial charge in [-0.2, -0.15) is 0 Å². The van der Waals surface area contributed by atoms with Crippen molar-refractivity contribution in [1.29, 1.82) is 0 Å². The third-order valence-corrected chi connectivity index (χ3v) is 3.83. The minimum absolute atomic E-state index is 0.139. The van der Waals surface area contributed by atoms with E-state index in [0.29, 0.717) is 29.8 Å². The molecule has 2 atom stereocenters. The van der Waals surface area contributed by atoms with E-state index in [9.17, 15) is 4.79 Å². The van der Waals surface area contributed by atoms with E-state index in [2.05, 4.69) is 20.3 Å². The van der Waals surface area contributed by atoms with Gasteiger partial charge in [-0.05, 0) is 19.3 Å². The van der Waals surface area contributed by atoms with Gasteiger partial charge in [-0.25, -0.2) is 4.63 Å². The maximum absolute atomic E-state index is 12.2. The van der Waals surface area contributed by atoms with Crippen molar-refractivity contribution in [3.63, 3.8) is 0 Å². The highest BCUT2D eigenvalue weighted by atomic mass is 16.6. The molecule has 92 valence electrons. The number of rotatable bonds is 2. The molecule has 1 N–H and O–H groups in total. The third-order valence-electron chi connectivity index (χ3n) is 3.83. The second-order valence-corrected chi connectivity index (χ2v) is 4.83. The van der Waals surface area contributed by atoms with Gasteiger partial charge in [0.25, 0.3) is 0 Å². The molecular weight excluding hydrogens is 220 g/mol. The predicted octanol–water partition coefficient (Wildman–Crippen LogP) is -0.259. The molecule has 0 radical (unpaired) electrons. The quantitative estimate of drug-likeness (QED) is 0.766. The van der Waals surface area contributed by atoms with E-state index in [-0.39, 0.29) is 5.91 Å². The van der Waals surface area contributed by atoms with Crippen molar-refractivity contribution < 1.29 is 9.42 Å². The largest absolute Gasteiger partial charge is 0.338 e. The molecule has 2 aliphatic rings. The van der Waals surface area contributed by atoms with E-state index in [1.165, 1.54) is 0 Å². The molecule has 1 aromatic heterocycles. The minimum atomic E-state index is 0.139. The van der Waals surface area contributed by atoms with E-state index >= 15 is 0 Å². The number of hydrogen-bond acceptors (Lipinski definition) is 5. The van der Waals surface area contributed by atoms with Gasteiger partial charge >= 0.3 is 0 Å². The summed E-state index contributed by atoms with van der Waals surface area (Å²) in [5, 5.41) is 10.8. The Balaban J connectivity index is 1.69. The number of aromatic nitrogens is 2. The van der Waals surface area contributed by atoms with E-state index in [1.54, 1.807) is 0 Å². The average molecular weight is 236 g/mol. The van der Waals surface area contributed by atoms with Crippen LogP contribution in [0.3, 0.4) is 0 Å². The third kappa shape index (κ3) is 1.82. The van der Waals surface area contributed by atoms with Crippen LogP contribution in [0.25, 0.3) is 0 Å². The molecule has 0 saturated carbocycles. The van der Waals surface area contributed by atoms with Gasteiger partial charge in [0.1, 0.15) is 11.4 Å². The Bertz CT molecular complexity index is 431. The lowest BCUT2D eigenvalue weighted by Gasteiger charge is -2.22. The van der Waals surface area contributed by atoms with Gasteiger partial charge in [0.15, 0.2) is 0 Å². The molecule has 0 bridgehead atoms. The maximum atomic E-state index is 12.2. The standard InChI is InChI=1S/C11H16N4O2/c1-7-9(14-17-13-7)4-11(16)15-3-2-8-5-12-6-10(8)15/h8,10,12H,2-6H2,1H3/t8-,10+/m0/s1. The van der Waals surface area contributed by atoms with E-state index in [1.807, 2.05) is 11.8 Å². The van der Waals surface area contributed by atoms with Crippen LogP contribution in [0.2, 0.25) is 0 Å². The van der Waals surface area contributed by atoms with Gasteiger partial charge in [-0.3, -0.25) is 4.79 Å². The second-order valence-electron chi connectivity index (χ2n) is 4.83. The first-order valence-corrected chi connectivity index (χ1v) is 6.04. The van der Waals surface area contributed by atoms with Crippen molar-refractivity contribution in [2.24, 2.45) is 5.92 Å². The van der Waals surface area contributed by atoms with Gasteiger partial charge in [0.2, 0.25) is 5.91 Å². The number of carbonyl (C=O) groups is 1. The Hall–Kier alpha value is -1.43. The summed E-state index contributed by atoms with van der Waals surface area (Å²) in [7, 11) is 0. The number of likely N-dealkylation sites (tertiary alicyclic amines) is 1. The van der Waals surface area contributed by atoms with Crippen LogP contribution in [0.4, 0.5) is 0 Å². The minimum Gasteiger partial charge on any atom is -0.338 e. The fraction of sp³-hybridized carbons (Fsp3) is 0.727. The Morgan fingerprint density at radius 1 is 1.53 bits per heavy atom. The van der Waals surface area contributed by atoms with Crippen molar-refractivity contribution in [2.45, 2.75) is 25.8 Å². The molecule has 2 fully saturated rings. The molecule has 6 nitrogen and oxygen atoms in total. The summed E-state index contributed by atoms with van der Waals surface area (Å²) in [6.45, 7) is 4.65. The predicted molar refractivity (Wildman–Crippen MR) is 59.2 cm³/mol. The van der Waals surface area contributed by atoms with Gasteiger partial charge in [0.05, 0.1) is 6.42 Å². The lowest BCUT2D eigenvalue weighted by molar-refractivity contribution is -0.131. The highest BCUT2D eigenvalue weighted by Crippen LogP contribution is 2.27. The molecule has 0 unspecified atom stereocenters. The number of fused-ring (bicyclic) bond motifs is 1. The fourth-order valence-corrected chi connectivity index (χ4v) is 2.81. The molecule has 0 spiro atoms. The Kier molecular flexibility index (Phi) is 2.58. The van der Waals surface area contributed by atoms with Gasteiger partial charge in [0, 0.05) is 25.7 Å². The Morgan fingerprint density at radius 3 is 3.18 bits per heavy atom. The van der Waals surface area contributed by atoms with Crippen molar-refractivity contribution in [3.05, 3.63) is 11.4 Å². The van der Waals surface area contributed by atoms with Gasteiger partial charge < -0.3 is 10.2 Å². The van der Waals surface area contributed by atoms with Crippen LogP contribution in [0.1, 0.15) is 17.8 Å². The monoisotopic (exact) mass is 236 g/mol. The molecule has 1 aromatic rings. The zero-order chi connectivity index (χ0) is 11.8. The van der Waals surface area contributed by atoms with Crippen LogP contribution in [-0.4, -0.2) is 46.8 Å². The Labute approximate surface area is 99.3 Å². The van der Waals surface area contributed by atoms with Crippen molar-refractivity contribution in [3.8, 4) is 0 Å². The molecule has 0 aromatic carbocycles. The summed E-state index contributed by atoms with van der Waals surface area (Å²) in [4.78, 5) is 14.2.